The quantitative estimate of drug-likeness (QED) is 0.443. The Morgan fingerprint density at radius 2 is 1.64 bits per heavy atom. The minimum Gasteiger partial charge on any atom is -0.323 e. The molecule has 3 aromatic carbocycles. The van der Waals surface area contributed by atoms with Gasteiger partial charge in [-0.05, 0) is 23.8 Å². The number of benzene rings is 3. The number of nitrogens with zero attached hydrogens (tertiary/aromatic N) is 1. The van der Waals surface area contributed by atoms with Gasteiger partial charge >= 0.3 is 0 Å². The molecule has 33 heavy (non-hydrogen) atoms. The molecule has 0 aliphatic carbocycles. The van der Waals surface area contributed by atoms with E-state index in [2.05, 4.69) is 10.4 Å². The van der Waals surface area contributed by atoms with Crippen molar-refractivity contribution in [3.05, 3.63) is 124 Å². The van der Waals surface area contributed by atoms with E-state index in [9.17, 15) is 18.8 Å². The summed E-state index contributed by atoms with van der Waals surface area (Å²) in [5.41, 5.74) is 0.0219. The van der Waals surface area contributed by atoms with Crippen molar-refractivity contribution in [2.24, 2.45) is 0 Å². The largest absolute Gasteiger partial charge is 0.323 e. The van der Waals surface area contributed by atoms with Gasteiger partial charge in [0, 0.05) is 41.4 Å². The summed E-state index contributed by atoms with van der Waals surface area (Å²) in [6, 6.07) is 23.3. The molecule has 5 rings (SSSR count). The first-order valence-corrected chi connectivity index (χ1v) is 10.5. The summed E-state index contributed by atoms with van der Waals surface area (Å²) < 4.78 is 15.9. The van der Waals surface area contributed by atoms with Crippen molar-refractivity contribution in [2.45, 2.75) is 17.9 Å². The molecular weight excluding hydrogens is 421 g/mol. The Labute approximate surface area is 188 Å². The van der Waals surface area contributed by atoms with Gasteiger partial charge in [0.2, 0.25) is 0 Å². The Kier molecular flexibility index (Phi) is 5.01. The van der Waals surface area contributed by atoms with Gasteiger partial charge in [0.15, 0.2) is 11.3 Å². The summed E-state index contributed by atoms with van der Waals surface area (Å²) >= 11 is 0. The molecule has 2 atom stereocenters. The van der Waals surface area contributed by atoms with Crippen LogP contribution in [0.5, 0.6) is 0 Å². The third kappa shape index (κ3) is 3.38. The summed E-state index contributed by atoms with van der Waals surface area (Å²) in [6.07, 6.45) is 1.42. The smallest absolute Gasteiger partial charge is 0.264 e. The van der Waals surface area contributed by atoms with Crippen molar-refractivity contribution in [1.29, 1.82) is 0 Å². The number of carbonyl (C=O) groups is 2. The highest BCUT2D eigenvalue weighted by atomic mass is 19.1. The van der Waals surface area contributed by atoms with Crippen molar-refractivity contribution in [3.8, 4) is 0 Å². The number of aromatic nitrogens is 2. The average Bonchev–Trinajstić information content (AvgIpc) is 3.39. The highest BCUT2D eigenvalue weighted by molar-refractivity contribution is 6.08. The first-order chi connectivity index (χ1) is 16.0. The van der Waals surface area contributed by atoms with Crippen molar-refractivity contribution >= 4 is 17.4 Å². The minimum absolute atomic E-state index is 0.0440. The molecule has 7 heteroatoms. The van der Waals surface area contributed by atoms with E-state index in [0.29, 0.717) is 22.4 Å². The summed E-state index contributed by atoms with van der Waals surface area (Å²) in [5, 5.41) is 5.51. The van der Waals surface area contributed by atoms with Crippen molar-refractivity contribution in [3.63, 3.8) is 0 Å². The highest BCUT2D eigenvalue weighted by Crippen LogP contribution is 2.49. The molecule has 1 aliphatic heterocycles. The van der Waals surface area contributed by atoms with Gasteiger partial charge in [-0.1, -0.05) is 60.7 Å². The van der Waals surface area contributed by atoms with Gasteiger partial charge < -0.3 is 5.32 Å². The molecule has 0 fully saturated rings. The average molecular weight is 441 g/mol. The molecule has 2 N–H and O–H groups in total. The molecule has 0 spiro atoms. The lowest BCUT2D eigenvalue weighted by atomic mass is 9.72. The van der Waals surface area contributed by atoms with E-state index in [1.165, 1.54) is 35.1 Å². The standard InChI is InChI=1S/C26H20FN3O3/c27-19-11-12-22-21(15-19)26(25(33)28-22,30-14-13-24(32)29-30)20(17-7-3-1-4-8-17)16-23(31)18-9-5-2-6-10-18/h1-15,20H,16H2,(H,28,33)(H,29,32)/t20?,26-/m0/s1. The Bertz CT molecular complexity index is 1400. The van der Waals surface area contributed by atoms with Crippen LogP contribution in [0.2, 0.25) is 0 Å². The zero-order chi connectivity index (χ0) is 23.0. The van der Waals surface area contributed by atoms with E-state index >= 15 is 0 Å². The van der Waals surface area contributed by atoms with Gasteiger partial charge in [0.1, 0.15) is 5.82 Å². The molecule has 0 saturated heterocycles. The fourth-order valence-corrected chi connectivity index (χ4v) is 4.69. The van der Waals surface area contributed by atoms with Crippen LogP contribution in [0.3, 0.4) is 0 Å². The Hall–Kier alpha value is -4.26. The third-order valence-corrected chi connectivity index (χ3v) is 6.16. The first kappa shape index (κ1) is 20.6. The van der Waals surface area contributed by atoms with Crippen LogP contribution in [0.1, 0.15) is 33.8 Å². The molecule has 1 amide bonds. The highest BCUT2D eigenvalue weighted by Gasteiger charge is 2.55. The van der Waals surface area contributed by atoms with Crippen LogP contribution < -0.4 is 10.9 Å². The monoisotopic (exact) mass is 441 g/mol. The zero-order valence-corrected chi connectivity index (χ0v) is 17.5. The number of hydrogen-bond acceptors (Lipinski definition) is 3. The number of ketones is 1. The van der Waals surface area contributed by atoms with Gasteiger partial charge in [-0.25, -0.2) is 4.39 Å². The Balaban J connectivity index is 1.77. The van der Waals surface area contributed by atoms with Crippen LogP contribution in [0.4, 0.5) is 10.1 Å². The second kappa shape index (κ2) is 8.02. The van der Waals surface area contributed by atoms with Crippen molar-refractivity contribution < 1.29 is 14.0 Å². The van der Waals surface area contributed by atoms with Gasteiger partial charge in [0.05, 0.1) is 0 Å². The zero-order valence-electron chi connectivity index (χ0n) is 17.5. The second-order valence-electron chi connectivity index (χ2n) is 8.03. The van der Waals surface area contributed by atoms with Crippen LogP contribution >= 0.6 is 0 Å². The molecule has 0 saturated carbocycles. The maximum Gasteiger partial charge on any atom is 0.264 e. The number of halogens is 1. The van der Waals surface area contributed by atoms with Gasteiger partial charge in [-0.2, -0.15) is 0 Å². The third-order valence-electron chi connectivity index (χ3n) is 6.16. The fourth-order valence-electron chi connectivity index (χ4n) is 4.69. The number of anilines is 1. The van der Waals surface area contributed by atoms with Crippen LogP contribution in [-0.2, 0) is 10.3 Å². The normalized spacial score (nSPS) is 17.9. The maximum atomic E-state index is 14.5. The molecule has 4 aromatic rings. The van der Waals surface area contributed by atoms with Crippen LogP contribution in [0.25, 0.3) is 0 Å². The Morgan fingerprint density at radius 1 is 0.939 bits per heavy atom. The fraction of sp³-hybridized carbons (Fsp3) is 0.115. The lowest BCUT2D eigenvalue weighted by Gasteiger charge is -2.37. The maximum absolute atomic E-state index is 14.5. The summed E-state index contributed by atoms with van der Waals surface area (Å²) in [6.45, 7) is 0. The SMILES string of the molecule is O=C(CC(c1ccccc1)[C@@]1(n2ccc(=O)[nH]2)C(=O)Nc2ccc(F)cc21)c1ccccc1. The van der Waals surface area contributed by atoms with Crippen molar-refractivity contribution in [1.82, 2.24) is 9.78 Å². The molecule has 6 nitrogen and oxygen atoms in total. The van der Waals surface area contributed by atoms with E-state index in [-0.39, 0.29) is 12.2 Å². The number of carbonyl (C=O) groups excluding carboxylic acids is 2. The molecule has 1 unspecified atom stereocenters. The van der Waals surface area contributed by atoms with Crippen molar-refractivity contribution in [2.75, 3.05) is 5.32 Å². The summed E-state index contributed by atoms with van der Waals surface area (Å²) in [5.74, 6) is -1.89. The summed E-state index contributed by atoms with van der Waals surface area (Å²) in [7, 11) is 0. The molecule has 164 valence electrons. The predicted octanol–water partition coefficient (Wildman–Crippen LogP) is 4.07. The number of amides is 1. The topological polar surface area (TPSA) is 84.0 Å². The molecule has 1 aliphatic rings. The van der Waals surface area contributed by atoms with E-state index in [1.807, 2.05) is 36.4 Å². The number of Topliss-reactive ketones (excluding diaryl/α,β-unsaturated/α-hetero) is 1. The molecule has 0 bridgehead atoms. The molecular formula is C26H20FN3O3. The van der Waals surface area contributed by atoms with E-state index in [0.717, 1.165) is 0 Å². The van der Waals surface area contributed by atoms with Gasteiger partial charge in [0.25, 0.3) is 11.5 Å². The second-order valence-corrected chi connectivity index (χ2v) is 8.03. The number of nitrogens with one attached hydrogen (secondary N) is 2. The molecule has 2 heterocycles. The van der Waals surface area contributed by atoms with E-state index in [1.54, 1.807) is 24.3 Å². The van der Waals surface area contributed by atoms with Gasteiger partial charge in [-0.3, -0.25) is 24.2 Å². The lowest BCUT2D eigenvalue weighted by molar-refractivity contribution is -0.123. The molecule has 0 radical (unpaired) electrons. The van der Waals surface area contributed by atoms with Crippen LogP contribution in [0.15, 0.2) is 95.9 Å². The van der Waals surface area contributed by atoms with Crippen LogP contribution in [0, 0.1) is 5.82 Å². The van der Waals surface area contributed by atoms with E-state index in [4.69, 9.17) is 0 Å². The molecule has 1 aromatic heterocycles. The number of aromatic amines is 1. The van der Waals surface area contributed by atoms with Crippen LogP contribution in [-0.4, -0.2) is 21.5 Å². The minimum atomic E-state index is -1.58. The van der Waals surface area contributed by atoms with Gasteiger partial charge in [-0.15, -0.1) is 0 Å². The first-order valence-electron chi connectivity index (χ1n) is 10.5. The predicted molar refractivity (Wildman–Crippen MR) is 122 cm³/mol. The number of H-pyrrole nitrogens is 1. The Morgan fingerprint density at radius 3 is 2.30 bits per heavy atom. The lowest BCUT2D eigenvalue weighted by Crippen LogP contribution is -2.48. The number of rotatable bonds is 6. The van der Waals surface area contributed by atoms with E-state index < -0.39 is 28.7 Å². The summed E-state index contributed by atoms with van der Waals surface area (Å²) in [4.78, 5) is 39.2. The number of hydrogen-bond donors (Lipinski definition) is 2. The number of fused-ring (bicyclic) bond motifs is 1.